The molecule has 0 aliphatic carbocycles. The SMILES string of the molecule is CCC(Sc1ccccc1)C(=O)N1CCC(n2cc(C(=O)O)cn2)CC1. The molecule has 1 atom stereocenters. The number of amides is 1. The fourth-order valence-corrected chi connectivity index (χ4v) is 4.23. The highest BCUT2D eigenvalue weighted by atomic mass is 32.2. The topological polar surface area (TPSA) is 75.4 Å². The Balaban J connectivity index is 1.57. The number of carboxylic acids is 1. The maximum Gasteiger partial charge on any atom is 0.338 e. The summed E-state index contributed by atoms with van der Waals surface area (Å²) >= 11 is 1.62. The summed E-state index contributed by atoms with van der Waals surface area (Å²) in [5.74, 6) is -0.779. The third-order valence-electron chi connectivity index (χ3n) is 4.67. The Hall–Kier alpha value is -2.28. The van der Waals surface area contributed by atoms with Gasteiger partial charge in [0.25, 0.3) is 0 Å². The molecule has 1 saturated heterocycles. The first-order chi connectivity index (χ1) is 12.6. The minimum Gasteiger partial charge on any atom is -0.478 e. The van der Waals surface area contributed by atoms with Gasteiger partial charge in [-0.2, -0.15) is 5.10 Å². The van der Waals surface area contributed by atoms with Crippen molar-refractivity contribution in [2.75, 3.05) is 13.1 Å². The fourth-order valence-electron chi connectivity index (χ4n) is 3.17. The van der Waals surface area contributed by atoms with Gasteiger partial charge in [0.1, 0.15) is 0 Å². The molecule has 1 aliphatic rings. The highest BCUT2D eigenvalue weighted by molar-refractivity contribution is 8.00. The number of hydrogen-bond donors (Lipinski definition) is 1. The Morgan fingerprint density at radius 2 is 1.96 bits per heavy atom. The van der Waals surface area contributed by atoms with Gasteiger partial charge in [-0.05, 0) is 31.4 Å². The quantitative estimate of drug-likeness (QED) is 0.786. The number of benzene rings is 1. The van der Waals surface area contributed by atoms with Crippen LogP contribution in [0.15, 0.2) is 47.6 Å². The maximum atomic E-state index is 12.9. The molecule has 138 valence electrons. The van der Waals surface area contributed by atoms with Crippen LogP contribution in [0.5, 0.6) is 0 Å². The molecule has 2 heterocycles. The van der Waals surface area contributed by atoms with E-state index >= 15 is 0 Å². The number of aromatic nitrogens is 2. The molecule has 1 unspecified atom stereocenters. The molecule has 2 aromatic rings. The number of carbonyl (C=O) groups excluding carboxylic acids is 1. The van der Waals surface area contributed by atoms with E-state index in [2.05, 4.69) is 5.10 Å². The van der Waals surface area contributed by atoms with Crippen LogP contribution in [-0.4, -0.2) is 50.0 Å². The molecule has 0 bridgehead atoms. The highest BCUT2D eigenvalue weighted by Crippen LogP contribution is 2.29. The first-order valence-electron chi connectivity index (χ1n) is 8.86. The van der Waals surface area contributed by atoms with Crippen LogP contribution in [0.1, 0.15) is 42.6 Å². The smallest absolute Gasteiger partial charge is 0.338 e. The van der Waals surface area contributed by atoms with Crippen molar-refractivity contribution in [2.45, 2.75) is 42.4 Å². The molecule has 26 heavy (non-hydrogen) atoms. The van der Waals surface area contributed by atoms with Crippen LogP contribution >= 0.6 is 11.8 Å². The predicted octanol–water partition coefficient (Wildman–Crippen LogP) is 3.32. The second-order valence-corrected chi connectivity index (χ2v) is 7.67. The Labute approximate surface area is 157 Å². The molecule has 1 N–H and O–H groups in total. The summed E-state index contributed by atoms with van der Waals surface area (Å²) in [5.41, 5.74) is 0.203. The van der Waals surface area contributed by atoms with E-state index in [-0.39, 0.29) is 22.8 Å². The van der Waals surface area contributed by atoms with Crippen LogP contribution in [0.25, 0.3) is 0 Å². The number of likely N-dealkylation sites (tertiary alicyclic amines) is 1. The molecular weight excluding hydrogens is 350 g/mol. The molecule has 0 radical (unpaired) electrons. The van der Waals surface area contributed by atoms with E-state index in [1.165, 1.54) is 6.20 Å². The van der Waals surface area contributed by atoms with Gasteiger partial charge in [-0.25, -0.2) is 4.79 Å². The molecule has 6 nitrogen and oxygen atoms in total. The van der Waals surface area contributed by atoms with Crippen LogP contribution in [0.4, 0.5) is 0 Å². The van der Waals surface area contributed by atoms with Gasteiger partial charge in [-0.1, -0.05) is 25.1 Å². The molecule has 0 spiro atoms. The lowest BCUT2D eigenvalue weighted by atomic mass is 10.0. The molecule has 1 aromatic carbocycles. The fraction of sp³-hybridized carbons (Fsp3) is 0.421. The van der Waals surface area contributed by atoms with E-state index in [9.17, 15) is 9.59 Å². The minimum absolute atomic E-state index is 0.0720. The Bertz CT molecular complexity index is 754. The molecule has 1 aromatic heterocycles. The number of nitrogens with zero attached hydrogens (tertiary/aromatic N) is 3. The average molecular weight is 373 g/mol. The van der Waals surface area contributed by atoms with Crippen LogP contribution in [0.2, 0.25) is 0 Å². The van der Waals surface area contributed by atoms with E-state index in [0.717, 1.165) is 24.2 Å². The lowest BCUT2D eigenvalue weighted by Gasteiger charge is -2.34. The maximum absolute atomic E-state index is 12.9. The molecule has 1 fully saturated rings. The Kier molecular flexibility index (Phi) is 5.98. The summed E-state index contributed by atoms with van der Waals surface area (Å²) < 4.78 is 1.72. The number of rotatable bonds is 6. The molecular formula is C19H23N3O3S. The third kappa shape index (κ3) is 4.27. The third-order valence-corrected chi connectivity index (χ3v) is 6.03. The standard InChI is InChI=1S/C19H23N3O3S/c1-2-17(26-16-6-4-3-5-7-16)18(23)21-10-8-15(9-11-21)22-13-14(12-20-22)19(24)25/h3-7,12-13,15,17H,2,8-11H2,1H3,(H,24,25). The van der Waals surface area contributed by atoms with Crippen LogP contribution < -0.4 is 0 Å². The van der Waals surface area contributed by atoms with Gasteiger partial charge in [-0.3, -0.25) is 9.48 Å². The Morgan fingerprint density at radius 1 is 1.27 bits per heavy atom. The van der Waals surface area contributed by atoms with E-state index in [1.54, 1.807) is 22.6 Å². The van der Waals surface area contributed by atoms with Crippen LogP contribution in [0.3, 0.4) is 0 Å². The lowest BCUT2D eigenvalue weighted by molar-refractivity contribution is -0.132. The summed E-state index contributed by atoms with van der Waals surface area (Å²) in [7, 11) is 0. The van der Waals surface area contributed by atoms with Gasteiger partial charge >= 0.3 is 5.97 Å². The molecule has 3 rings (SSSR count). The predicted molar refractivity (Wildman–Crippen MR) is 100 cm³/mol. The summed E-state index contributed by atoms with van der Waals surface area (Å²) in [5, 5.41) is 13.1. The molecule has 1 aliphatic heterocycles. The van der Waals surface area contributed by atoms with Gasteiger partial charge in [0.2, 0.25) is 5.91 Å². The number of aromatic carboxylic acids is 1. The first-order valence-corrected chi connectivity index (χ1v) is 9.74. The van der Waals surface area contributed by atoms with Gasteiger partial charge < -0.3 is 10.0 Å². The van der Waals surface area contributed by atoms with Crippen molar-refractivity contribution in [1.82, 2.24) is 14.7 Å². The van der Waals surface area contributed by atoms with Crippen molar-refractivity contribution < 1.29 is 14.7 Å². The van der Waals surface area contributed by atoms with Crippen LogP contribution in [-0.2, 0) is 4.79 Å². The number of carboxylic acid groups (broad SMARTS) is 1. The molecule has 7 heteroatoms. The second-order valence-electron chi connectivity index (χ2n) is 6.40. The number of piperidine rings is 1. The van der Waals surface area contributed by atoms with Gasteiger partial charge in [0.05, 0.1) is 23.1 Å². The largest absolute Gasteiger partial charge is 0.478 e. The summed E-state index contributed by atoms with van der Waals surface area (Å²) in [6, 6.07) is 10.2. The lowest BCUT2D eigenvalue weighted by Crippen LogP contribution is -2.43. The Morgan fingerprint density at radius 3 is 2.54 bits per heavy atom. The van der Waals surface area contributed by atoms with Gasteiger partial charge in [-0.15, -0.1) is 11.8 Å². The monoisotopic (exact) mass is 373 g/mol. The minimum atomic E-state index is -0.965. The van der Waals surface area contributed by atoms with Crippen molar-refractivity contribution in [3.63, 3.8) is 0 Å². The zero-order valence-corrected chi connectivity index (χ0v) is 15.6. The summed E-state index contributed by atoms with van der Waals surface area (Å²) in [6.45, 7) is 3.40. The van der Waals surface area contributed by atoms with Crippen LogP contribution in [0, 0.1) is 0 Å². The zero-order chi connectivity index (χ0) is 18.5. The van der Waals surface area contributed by atoms with Crippen molar-refractivity contribution in [3.8, 4) is 0 Å². The zero-order valence-electron chi connectivity index (χ0n) is 14.7. The molecule has 0 saturated carbocycles. The van der Waals surface area contributed by atoms with Crippen molar-refractivity contribution >= 4 is 23.6 Å². The van der Waals surface area contributed by atoms with E-state index in [1.807, 2.05) is 42.2 Å². The number of thioether (sulfide) groups is 1. The number of hydrogen-bond acceptors (Lipinski definition) is 4. The highest BCUT2D eigenvalue weighted by Gasteiger charge is 2.29. The van der Waals surface area contributed by atoms with Crippen molar-refractivity contribution in [1.29, 1.82) is 0 Å². The van der Waals surface area contributed by atoms with Gasteiger partial charge in [0, 0.05) is 24.2 Å². The first kappa shape index (κ1) is 18.5. The van der Waals surface area contributed by atoms with Gasteiger partial charge in [0.15, 0.2) is 0 Å². The average Bonchev–Trinajstić information content (AvgIpc) is 3.17. The van der Waals surface area contributed by atoms with Crippen molar-refractivity contribution in [3.05, 3.63) is 48.3 Å². The second kappa shape index (κ2) is 8.40. The van der Waals surface area contributed by atoms with Crippen molar-refractivity contribution in [2.24, 2.45) is 0 Å². The normalized spacial score (nSPS) is 16.4. The summed E-state index contributed by atoms with van der Waals surface area (Å²) in [6.07, 6.45) is 5.32. The molecule has 1 amide bonds. The van der Waals surface area contributed by atoms with E-state index in [4.69, 9.17) is 5.11 Å². The van der Waals surface area contributed by atoms with E-state index in [0.29, 0.717) is 13.1 Å². The number of carbonyl (C=O) groups is 2. The summed E-state index contributed by atoms with van der Waals surface area (Å²) in [4.78, 5) is 26.9. The van der Waals surface area contributed by atoms with E-state index < -0.39 is 5.97 Å².